The van der Waals surface area contributed by atoms with E-state index in [0.29, 0.717) is 0 Å². The second-order valence-electron chi connectivity index (χ2n) is 4.76. The lowest BCUT2D eigenvalue weighted by atomic mass is 9.86. The summed E-state index contributed by atoms with van der Waals surface area (Å²) in [6.45, 7) is 4.98. The Labute approximate surface area is 111 Å². The number of carbonyl (C=O) groups is 1. The zero-order chi connectivity index (χ0) is 14.6. The maximum absolute atomic E-state index is 11.7. The summed E-state index contributed by atoms with van der Waals surface area (Å²) in [5.41, 5.74) is -1.53. The fourth-order valence-corrected chi connectivity index (χ4v) is 2.20. The summed E-state index contributed by atoms with van der Waals surface area (Å²) in [5, 5.41) is 28.0. The van der Waals surface area contributed by atoms with E-state index in [1.807, 2.05) is 13.8 Å². The van der Waals surface area contributed by atoms with Crippen LogP contribution in [0.4, 0.5) is 0 Å². The summed E-state index contributed by atoms with van der Waals surface area (Å²) in [7, 11) is 0. The second-order valence-corrected chi connectivity index (χ2v) is 4.76. The molecule has 0 aliphatic carbocycles. The van der Waals surface area contributed by atoms with Crippen molar-refractivity contribution in [2.75, 3.05) is 13.2 Å². The molecule has 0 aromatic carbocycles. The largest absolute Gasteiger partial charge is 0.490 e. The van der Waals surface area contributed by atoms with Gasteiger partial charge in [-0.05, 0) is 19.3 Å². The summed E-state index contributed by atoms with van der Waals surface area (Å²) in [6.07, 6.45) is -1.14. The molecule has 0 aromatic rings. The van der Waals surface area contributed by atoms with Crippen LogP contribution in [-0.4, -0.2) is 46.4 Å². The molecular formula is C12H20O7. The standard InChI is InChI=1S/C12H20O7/c1-4-17-10-9(19-16)11(15)18-12(10,5-7(2)3)8(14)6-13/h7-8,13-14,16H,4-6H2,1-3H3/t8-,12+/m0/s1. The smallest absolute Gasteiger partial charge is 0.382 e. The average molecular weight is 276 g/mol. The third kappa shape index (κ3) is 2.83. The third-order valence-corrected chi connectivity index (χ3v) is 2.85. The Morgan fingerprint density at radius 2 is 2.05 bits per heavy atom. The number of hydrogen-bond acceptors (Lipinski definition) is 7. The van der Waals surface area contributed by atoms with Gasteiger partial charge in [0.2, 0.25) is 5.60 Å². The van der Waals surface area contributed by atoms with Crippen LogP contribution < -0.4 is 0 Å². The molecule has 2 atom stereocenters. The van der Waals surface area contributed by atoms with Crippen LogP contribution in [-0.2, 0) is 19.2 Å². The highest BCUT2D eigenvalue weighted by molar-refractivity contribution is 5.90. The predicted octanol–water partition coefficient (Wildman–Crippen LogP) is 0.419. The highest BCUT2D eigenvalue weighted by atomic mass is 17.1. The van der Waals surface area contributed by atoms with Gasteiger partial charge in [0.1, 0.15) is 6.10 Å². The first-order chi connectivity index (χ1) is 8.92. The number of cyclic esters (lactones) is 1. The molecule has 1 rings (SSSR count). The summed E-state index contributed by atoms with van der Waals surface area (Å²) in [5.74, 6) is -1.46. The molecule has 0 saturated heterocycles. The first-order valence-electron chi connectivity index (χ1n) is 6.14. The maximum atomic E-state index is 11.7. The van der Waals surface area contributed by atoms with E-state index >= 15 is 0 Å². The Bertz CT molecular complexity index is 363. The predicted molar refractivity (Wildman–Crippen MR) is 63.7 cm³/mol. The van der Waals surface area contributed by atoms with Crippen molar-refractivity contribution in [2.45, 2.75) is 38.9 Å². The van der Waals surface area contributed by atoms with E-state index in [1.54, 1.807) is 6.92 Å². The van der Waals surface area contributed by atoms with Gasteiger partial charge in [-0.3, -0.25) is 0 Å². The summed E-state index contributed by atoms with van der Waals surface area (Å²) >= 11 is 0. The van der Waals surface area contributed by atoms with Gasteiger partial charge in [0.15, 0.2) is 5.76 Å². The Balaban J connectivity index is 3.28. The molecule has 0 saturated carbocycles. The Kier molecular flexibility index (Phi) is 5.16. The maximum Gasteiger partial charge on any atom is 0.382 e. The SMILES string of the molecule is CCOC1=C(OO)C(=O)O[C@]1(CC(C)C)[C@@H](O)CO. The van der Waals surface area contributed by atoms with Crippen LogP contribution in [0.15, 0.2) is 11.5 Å². The minimum absolute atomic E-state index is 0.0440. The molecule has 7 nitrogen and oxygen atoms in total. The third-order valence-electron chi connectivity index (χ3n) is 2.85. The number of aliphatic hydroxyl groups is 2. The fraction of sp³-hybridized carbons (Fsp3) is 0.750. The van der Waals surface area contributed by atoms with Crippen molar-refractivity contribution < 1.29 is 34.6 Å². The summed E-state index contributed by atoms with van der Waals surface area (Å²) < 4.78 is 10.4. The van der Waals surface area contributed by atoms with Crippen molar-refractivity contribution in [1.82, 2.24) is 0 Å². The molecule has 0 unspecified atom stereocenters. The van der Waals surface area contributed by atoms with Crippen LogP contribution in [0.25, 0.3) is 0 Å². The number of ether oxygens (including phenoxy) is 2. The van der Waals surface area contributed by atoms with Crippen LogP contribution in [0, 0.1) is 5.92 Å². The molecule has 19 heavy (non-hydrogen) atoms. The van der Waals surface area contributed by atoms with Gasteiger partial charge >= 0.3 is 5.97 Å². The van der Waals surface area contributed by atoms with Crippen molar-refractivity contribution in [1.29, 1.82) is 0 Å². The van der Waals surface area contributed by atoms with Gasteiger partial charge in [-0.25, -0.2) is 10.1 Å². The minimum Gasteiger partial charge on any atom is -0.490 e. The van der Waals surface area contributed by atoms with Crippen LogP contribution in [0.5, 0.6) is 0 Å². The number of esters is 1. The zero-order valence-corrected chi connectivity index (χ0v) is 11.3. The number of hydrogen-bond donors (Lipinski definition) is 3. The Morgan fingerprint density at radius 3 is 2.47 bits per heavy atom. The molecule has 0 fully saturated rings. The lowest BCUT2D eigenvalue weighted by Crippen LogP contribution is -2.48. The molecule has 0 amide bonds. The topological polar surface area (TPSA) is 105 Å². The Hall–Kier alpha value is -1.31. The lowest BCUT2D eigenvalue weighted by molar-refractivity contribution is -0.211. The van der Waals surface area contributed by atoms with Gasteiger partial charge in [0, 0.05) is 0 Å². The highest BCUT2D eigenvalue weighted by Crippen LogP contribution is 2.41. The van der Waals surface area contributed by atoms with Crippen LogP contribution in [0.1, 0.15) is 27.2 Å². The van der Waals surface area contributed by atoms with Crippen molar-refractivity contribution in [2.24, 2.45) is 5.92 Å². The van der Waals surface area contributed by atoms with Crippen molar-refractivity contribution in [3.05, 3.63) is 11.5 Å². The molecule has 0 radical (unpaired) electrons. The van der Waals surface area contributed by atoms with Gasteiger partial charge in [-0.15, -0.1) is 0 Å². The van der Waals surface area contributed by atoms with E-state index in [4.69, 9.17) is 14.7 Å². The van der Waals surface area contributed by atoms with Crippen LogP contribution >= 0.6 is 0 Å². The fourth-order valence-electron chi connectivity index (χ4n) is 2.20. The number of aliphatic hydroxyl groups excluding tert-OH is 2. The van der Waals surface area contributed by atoms with Crippen molar-refractivity contribution >= 4 is 5.97 Å². The van der Waals surface area contributed by atoms with E-state index in [9.17, 15) is 15.0 Å². The molecule has 0 bridgehead atoms. The molecule has 0 spiro atoms. The van der Waals surface area contributed by atoms with Gasteiger partial charge in [-0.2, -0.15) is 0 Å². The highest BCUT2D eigenvalue weighted by Gasteiger charge is 2.56. The number of carbonyl (C=O) groups excluding carboxylic acids is 1. The first-order valence-corrected chi connectivity index (χ1v) is 6.14. The van der Waals surface area contributed by atoms with E-state index in [-0.39, 0.29) is 24.7 Å². The van der Waals surface area contributed by atoms with E-state index in [0.717, 1.165) is 0 Å². The molecule has 3 N–H and O–H groups in total. The van der Waals surface area contributed by atoms with Crippen molar-refractivity contribution in [3.8, 4) is 0 Å². The molecule has 1 heterocycles. The molecule has 1 aliphatic heterocycles. The molecule has 0 aromatic heterocycles. The van der Waals surface area contributed by atoms with E-state index in [1.165, 1.54) is 0 Å². The van der Waals surface area contributed by atoms with Gasteiger partial charge in [-0.1, -0.05) is 13.8 Å². The van der Waals surface area contributed by atoms with Crippen LogP contribution in [0.2, 0.25) is 0 Å². The van der Waals surface area contributed by atoms with Gasteiger partial charge in [0.25, 0.3) is 5.76 Å². The van der Waals surface area contributed by atoms with Gasteiger partial charge in [0.05, 0.1) is 13.2 Å². The molecule has 110 valence electrons. The van der Waals surface area contributed by atoms with E-state index in [2.05, 4.69) is 4.89 Å². The van der Waals surface area contributed by atoms with E-state index < -0.39 is 30.0 Å². The molecular weight excluding hydrogens is 256 g/mol. The molecule has 1 aliphatic rings. The summed E-state index contributed by atoms with van der Waals surface area (Å²) in [6, 6.07) is 0. The van der Waals surface area contributed by atoms with Crippen molar-refractivity contribution in [3.63, 3.8) is 0 Å². The van der Waals surface area contributed by atoms with Gasteiger partial charge < -0.3 is 24.6 Å². The summed E-state index contributed by atoms with van der Waals surface area (Å²) in [4.78, 5) is 15.7. The normalized spacial score (nSPS) is 24.7. The number of rotatable bonds is 7. The monoisotopic (exact) mass is 276 g/mol. The Morgan fingerprint density at radius 1 is 1.42 bits per heavy atom. The zero-order valence-electron chi connectivity index (χ0n) is 11.3. The average Bonchev–Trinajstić information content (AvgIpc) is 2.61. The molecule has 7 heteroatoms. The minimum atomic E-state index is -1.53. The first kappa shape index (κ1) is 15.7. The van der Waals surface area contributed by atoms with Crippen LogP contribution in [0.3, 0.4) is 0 Å². The quantitative estimate of drug-likeness (QED) is 0.351. The lowest BCUT2D eigenvalue weighted by Gasteiger charge is -2.34. The second kappa shape index (κ2) is 6.23.